The van der Waals surface area contributed by atoms with Gasteiger partial charge in [-0.25, -0.2) is 0 Å². The van der Waals surface area contributed by atoms with Gasteiger partial charge in [0.1, 0.15) is 31.0 Å². The minimum absolute atomic E-state index is 0.188. The Kier molecular flexibility index (Phi) is 43.5. The van der Waals surface area contributed by atoms with Crippen molar-refractivity contribution in [2.75, 3.05) is 19.8 Å². The molecule has 10 heteroatoms. The fraction of sp³-hybridized carbons (Fsp3) is 0.754. The van der Waals surface area contributed by atoms with Crippen LogP contribution in [0.4, 0.5) is 0 Å². The molecule has 0 spiro atoms. The maximum atomic E-state index is 12.8. The zero-order valence-corrected chi connectivity index (χ0v) is 42.4. The van der Waals surface area contributed by atoms with Crippen molar-refractivity contribution < 1.29 is 49.0 Å². The molecule has 0 amide bonds. The van der Waals surface area contributed by atoms with Crippen LogP contribution in [0.2, 0.25) is 0 Å². The molecule has 0 radical (unpaired) electrons. The number of aliphatic hydroxyl groups excluding tert-OH is 4. The smallest absolute Gasteiger partial charge is 0.306 e. The van der Waals surface area contributed by atoms with Gasteiger partial charge in [-0.15, -0.1) is 0 Å². The second kappa shape index (κ2) is 46.8. The Morgan fingerprint density at radius 3 is 1.36 bits per heavy atom. The molecule has 0 saturated carbocycles. The molecule has 4 N–H and O–H groups in total. The topological polar surface area (TPSA) is 152 Å². The largest absolute Gasteiger partial charge is 0.462 e. The van der Waals surface area contributed by atoms with E-state index in [-0.39, 0.29) is 32.0 Å². The van der Waals surface area contributed by atoms with E-state index < -0.39 is 49.4 Å². The van der Waals surface area contributed by atoms with Crippen molar-refractivity contribution in [3.63, 3.8) is 0 Å². The van der Waals surface area contributed by atoms with Crippen LogP contribution in [0.3, 0.4) is 0 Å². The average Bonchev–Trinajstić information content (AvgIpc) is 3.33. The van der Waals surface area contributed by atoms with E-state index in [0.717, 1.165) is 77.0 Å². The summed E-state index contributed by atoms with van der Waals surface area (Å²) >= 11 is 0. The molecule has 1 aliphatic heterocycles. The third kappa shape index (κ3) is 37.7. The van der Waals surface area contributed by atoms with Crippen LogP contribution in [0, 0.1) is 0 Å². The van der Waals surface area contributed by atoms with Crippen LogP contribution >= 0.6 is 0 Å². The van der Waals surface area contributed by atoms with Gasteiger partial charge < -0.3 is 39.4 Å². The van der Waals surface area contributed by atoms with Crippen molar-refractivity contribution >= 4 is 11.9 Å². The molecule has 1 heterocycles. The molecule has 1 saturated heterocycles. The van der Waals surface area contributed by atoms with Crippen molar-refractivity contribution in [1.29, 1.82) is 0 Å². The van der Waals surface area contributed by atoms with Gasteiger partial charge >= 0.3 is 11.9 Å². The molecule has 67 heavy (non-hydrogen) atoms. The predicted octanol–water partition coefficient (Wildman–Crippen LogP) is 13.1. The zero-order valence-electron chi connectivity index (χ0n) is 42.4. The highest BCUT2D eigenvalue weighted by atomic mass is 16.7. The molecule has 0 bridgehead atoms. The molecule has 6 unspecified atom stereocenters. The standard InChI is InChI=1S/C57H98O10/c1-3-5-7-9-11-13-15-17-19-21-23-24-25-26-28-29-31-33-35-37-39-41-43-45-52(59)64-48-50(49-65-57-56(63)55(62)54(61)51(47-58)67-57)66-53(60)46-44-42-40-38-36-34-32-30-27-22-20-18-16-14-12-10-8-6-4-2/h6,8,12,14,18,20-21,23,27,30,34,36,50-51,54-58,61-63H,3-5,7,9-11,13,15-17,19,22,24-26,28-29,31-33,35,37-49H2,1-2H3/b8-6-,14-12-,20-18-,23-21-,30-27-,36-34-. The molecule has 0 aromatic heterocycles. The Bertz CT molecular complexity index is 1320. The molecule has 0 aromatic carbocycles. The number of carbonyl (C=O) groups excluding carboxylic acids is 2. The Balaban J connectivity index is 2.26. The van der Waals surface area contributed by atoms with E-state index in [9.17, 15) is 30.0 Å². The lowest BCUT2D eigenvalue weighted by Crippen LogP contribution is -2.59. The SMILES string of the molecule is CC/C=C\C/C=C\C/C=C\C/C=C\C/C=C\CCCCCC(=O)OC(COC(=O)CCCCCCCCCCCCC/C=C\CCCCCCCCCC)COC1OC(CO)C(O)C(O)C1O. The van der Waals surface area contributed by atoms with Crippen molar-refractivity contribution in [1.82, 2.24) is 0 Å². The van der Waals surface area contributed by atoms with E-state index >= 15 is 0 Å². The second-order valence-corrected chi connectivity index (χ2v) is 18.3. The Labute approximate surface area is 408 Å². The first-order valence-electron chi connectivity index (χ1n) is 27.0. The summed E-state index contributed by atoms with van der Waals surface area (Å²) in [6.45, 7) is 3.29. The monoisotopic (exact) mass is 943 g/mol. The van der Waals surface area contributed by atoms with Crippen LogP contribution in [0.15, 0.2) is 72.9 Å². The van der Waals surface area contributed by atoms with Gasteiger partial charge in [-0.1, -0.05) is 196 Å². The third-order valence-electron chi connectivity index (χ3n) is 12.1. The van der Waals surface area contributed by atoms with Crippen molar-refractivity contribution in [3.8, 4) is 0 Å². The summed E-state index contributed by atoms with van der Waals surface area (Å²) in [5.74, 6) is -0.844. The fourth-order valence-electron chi connectivity index (χ4n) is 7.86. The van der Waals surface area contributed by atoms with Crippen LogP contribution in [0.25, 0.3) is 0 Å². The summed E-state index contributed by atoms with van der Waals surface area (Å²) in [6.07, 6.45) is 53.4. The normalized spacial score (nSPS) is 19.6. The molecule has 10 nitrogen and oxygen atoms in total. The summed E-state index contributed by atoms with van der Waals surface area (Å²) < 4.78 is 22.2. The highest BCUT2D eigenvalue weighted by molar-refractivity contribution is 5.70. The highest BCUT2D eigenvalue weighted by Gasteiger charge is 2.44. The summed E-state index contributed by atoms with van der Waals surface area (Å²) in [5, 5.41) is 40.2. The molecular weight excluding hydrogens is 845 g/mol. The highest BCUT2D eigenvalue weighted by Crippen LogP contribution is 2.23. The summed E-state index contributed by atoms with van der Waals surface area (Å²) in [5.41, 5.74) is 0. The van der Waals surface area contributed by atoms with Gasteiger partial charge in [-0.05, 0) is 83.5 Å². The first-order valence-corrected chi connectivity index (χ1v) is 27.0. The Morgan fingerprint density at radius 1 is 0.478 bits per heavy atom. The summed E-state index contributed by atoms with van der Waals surface area (Å²) in [6, 6.07) is 0. The van der Waals surface area contributed by atoms with E-state index in [0.29, 0.717) is 6.42 Å². The van der Waals surface area contributed by atoms with E-state index in [1.165, 1.54) is 109 Å². The molecule has 1 fully saturated rings. The summed E-state index contributed by atoms with van der Waals surface area (Å²) in [4.78, 5) is 25.5. The van der Waals surface area contributed by atoms with Crippen molar-refractivity contribution in [3.05, 3.63) is 72.9 Å². The lowest BCUT2D eigenvalue weighted by molar-refractivity contribution is -0.305. The molecular formula is C57H98O10. The van der Waals surface area contributed by atoms with Crippen LogP contribution < -0.4 is 0 Å². The maximum Gasteiger partial charge on any atom is 0.306 e. The van der Waals surface area contributed by atoms with E-state index in [2.05, 4.69) is 86.8 Å². The molecule has 6 atom stereocenters. The molecule has 0 aliphatic carbocycles. The fourth-order valence-corrected chi connectivity index (χ4v) is 7.86. The molecule has 1 aliphatic rings. The Hall–Kier alpha value is -2.86. The molecule has 386 valence electrons. The van der Waals surface area contributed by atoms with Gasteiger partial charge in [-0.3, -0.25) is 9.59 Å². The Morgan fingerprint density at radius 2 is 0.881 bits per heavy atom. The van der Waals surface area contributed by atoms with Crippen molar-refractivity contribution in [2.45, 2.75) is 256 Å². The molecule has 0 aromatic rings. The number of esters is 2. The minimum Gasteiger partial charge on any atom is -0.462 e. The first kappa shape index (κ1) is 62.2. The quantitative estimate of drug-likeness (QED) is 0.0264. The van der Waals surface area contributed by atoms with Crippen LogP contribution in [0.1, 0.15) is 219 Å². The number of carbonyl (C=O) groups is 2. The van der Waals surface area contributed by atoms with Crippen molar-refractivity contribution in [2.24, 2.45) is 0 Å². The molecule has 1 rings (SSSR count). The lowest BCUT2D eigenvalue weighted by atomic mass is 9.99. The number of unbranched alkanes of at least 4 members (excludes halogenated alkanes) is 22. The number of ether oxygens (including phenoxy) is 4. The van der Waals surface area contributed by atoms with Gasteiger partial charge in [0.25, 0.3) is 0 Å². The van der Waals surface area contributed by atoms with Gasteiger partial charge in [-0.2, -0.15) is 0 Å². The van der Waals surface area contributed by atoms with Crippen LogP contribution in [-0.2, 0) is 28.5 Å². The van der Waals surface area contributed by atoms with Gasteiger partial charge in [0.05, 0.1) is 13.2 Å². The number of hydrogen-bond donors (Lipinski definition) is 4. The third-order valence-corrected chi connectivity index (χ3v) is 12.1. The van der Waals surface area contributed by atoms with E-state index in [1.54, 1.807) is 0 Å². The number of rotatable bonds is 45. The number of allylic oxidation sites excluding steroid dienone is 12. The van der Waals surface area contributed by atoms with Gasteiger partial charge in [0.15, 0.2) is 12.4 Å². The van der Waals surface area contributed by atoms with Gasteiger partial charge in [0, 0.05) is 12.8 Å². The minimum atomic E-state index is -1.61. The second-order valence-electron chi connectivity index (χ2n) is 18.3. The van der Waals surface area contributed by atoms with E-state index in [1.807, 2.05) is 0 Å². The zero-order chi connectivity index (χ0) is 48.7. The van der Waals surface area contributed by atoms with E-state index in [4.69, 9.17) is 18.9 Å². The van der Waals surface area contributed by atoms with Gasteiger partial charge in [0.2, 0.25) is 0 Å². The average molecular weight is 943 g/mol. The van der Waals surface area contributed by atoms with Crippen LogP contribution in [0.5, 0.6) is 0 Å². The number of hydrogen-bond acceptors (Lipinski definition) is 10. The summed E-state index contributed by atoms with van der Waals surface area (Å²) in [7, 11) is 0. The number of aliphatic hydroxyl groups is 4. The lowest BCUT2D eigenvalue weighted by Gasteiger charge is -2.39. The van der Waals surface area contributed by atoms with Crippen LogP contribution in [-0.4, -0.2) is 89.0 Å². The predicted molar refractivity (Wildman–Crippen MR) is 274 cm³/mol. The first-order chi connectivity index (χ1) is 32.8. The maximum absolute atomic E-state index is 12.8.